The summed E-state index contributed by atoms with van der Waals surface area (Å²) >= 11 is 0. The number of nitrogens with zero attached hydrogens (tertiary/aromatic N) is 5. The largest absolute Gasteiger partial charge is 0.356 e. The predicted octanol–water partition coefficient (Wildman–Crippen LogP) is 2.55. The summed E-state index contributed by atoms with van der Waals surface area (Å²) in [6.07, 6.45) is 10.6. The van der Waals surface area contributed by atoms with Crippen LogP contribution >= 0.6 is 0 Å². The van der Waals surface area contributed by atoms with E-state index in [1.54, 1.807) is 4.31 Å². The molecule has 1 unspecified atom stereocenters. The Morgan fingerprint density at radius 2 is 1.77 bits per heavy atom. The molecule has 0 aliphatic carbocycles. The van der Waals surface area contributed by atoms with Gasteiger partial charge in [0.05, 0.1) is 5.75 Å². The van der Waals surface area contributed by atoms with Crippen molar-refractivity contribution >= 4 is 21.8 Å². The molecule has 0 radical (unpaired) electrons. The Kier molecular flexibility index (Phi) is 7.66. The van der Waals surface area contributed by atoms with Crippen LogP contribution in [0.2, 0.25) is 0 Å². The van der Waals surface area contributed by atoms with Crippen molar-refractivity contribution in [1.82, 2.24) is 19.2 Å². The molecule has 0 saturated carbocycles. The van der Waals surface area contributed by atoms with Crippen molar-refractivity contribution in [3.8, 4) is 0 Å². The van der Waals surface area contributed by atoms with E-state index in [0.29, 0.717) is 31.6 Å². The molecule has 3 fully saturated rings. The number of hydrogen-bond donors (Lipinski definition) is 1. The molecule has 0 amide bonds. The molecule has 1 aromatic rings. The summed E-state index contributed by atoms with van der Waals surface area (Å²) in [4.78, 5) is 14.2. The van der Waals surface area contributed by atoms with Crippen molar-refractivity contribution < 1.29 is 8.42 Å². The molecule has 4 rings (SSSR count). The lowest BCUT2D eigenvalue weighted by atomic mass is 10.1. The first-order valence-corrected chi connectivity index (χ1v) is 13.7. The molecule has 31 heavy (non-hydrogen) atoms. The summed E-state index contributed by atoms with van der Waals surface area (Å²) in [5.41, 5.74) is 0. The van der Waals surface area contributed by atoms with Gasteiger partial charge in [0.15, 0.2) is 0 Å². The van der Waals surface area contributed by atoms with Crippen molar-refractivity contribution in [1.29, 1.82) is 0 Å². The smallest absolute Gasteiger partial charge is 0.224 e. The average Bonchev–Trinajstić information content (AvgIpc) is 3.06. The number of nitrogens with one attached hydrogen (secondary N) is 1. The minimum atomic E-state index is -3.07. The maximum Gasteiger partial charge on any atom is 0.224 e. The van der Waals surface area contributed by atoms with E-state index in [-0.39, 0.29) is 5.75 Å². The van der Waals surface area contributed by atoms with Crippen molar-refractivity contribution in [2.24, 2.45) is 0 Å². The normalized spacial score (nSPS) is 24.9. The highest BCUT2D eigenvalue weighted by molar-refractivity contribution is 7.89. The number of likely N-dealkylation sites (tertiary alicyclic amines) is 1. The van der Waals surface area contributed by atoms with E-state index in [1.165, 1.54) is 25.7 Å². The van der Waals surface area contributed by atoms with Gasteiger partial charge < -0.3 is 10.2 Å². The third-order valence-corrected chi connectivity index (χ3v) is 9.00. The number of aromatic nitrogens is 2. The molecule has 3 aliphatic heterocycles. The Balaban J connectivity index is 1.28. The summed E-state index contributed by atoms with van der Waals surface area (Å²) < 4.78 is 26.3. The second-order valence-electron chi connectivity index (χ2n) is 9.21. The van der Waals surface area contributed by atoms with Gasteiger partial charge in [-0.25, -0.2) is 17.7 Å². The van der Waals surface area contributed by atoms with Gasteiger partial charge in [-0.15, -0.1) is 0 Å². The van der Waals surface area contributed by atoms with Gasteiger partial charge in [0.2, 0.25) is 16.0 Å². The summed E-state index contributed by atoms with van der Waals surface area (Å²) in [6.45, 7) is 7.43. The Morgan fingerprint density at radius 3 is 2.48 bits per heavy atom. The van der Waals surface area contributed by atoms with Crippen molar-refractivity contribution in [2.45, 2.75) is 70.4 Å². The molecule has 3 saturated heterocycles. The minimum absolute atomic E-state index is 0.268. The Hall–Kier alpha value is -1.45. The first-order chi connectivity index (χ1) is 15.0. The topological polar surface area (TPSA) is 81.7 Å². The second-order valence-corrected chi connectivity index (χ2v) is 11.3. The Bertz CT molecular complexity index is 804. The zero-order valence-electron chi connectivity index (χ0n) is 18.9. The van der Waals surface area contributed by atoms with Crippen LogP contribution in [0.4, 0.5) is 11.8 Å². The van der Waals surface area contributed by atoms with Crippen LogP contribution in [0.25, 0.3) is 0 Å². The highest BCUT2D eigenvalue weighted by atomic mass is 32.2. The molecule has 9 heteroatoms. The number of anilines is 2. The maximum absolute atomic E-state index is 12.3. The summed E-state index contributed by atoms with van der Waals surface area (Å²) in [5.74, 6) is 2.04. The zero-order chi connectivity index (χ0) is 21.7. The molecular formula is C22H38N6O2S. The van der Waals surface area contributed by atoms with Crippen LogP contribution in [-0.4, -0.2) is 84.7 Å². The van der Waals surface area contributed by atoms with Crippen LogP contribution in [0.3, 0.4) is 0 Å². The fourth-order valence-corrected chi connectivity index (χ4v) is 6.73. The van der Waals surface area contributed by atoms with Gasteiger partial charge >= 0.3 is 0 Å². The quantitative estimate of drug-likeness (QED) is 0.684. The van der Waals surface area contributed by atoms with Gasteiger partial charge in [-0.1, -0.05) is 19.8 Å². The van der Waals surface area contributed by atoms with E-state index in [1.807, 2.05) is 19.2 Å². The van der Waals surface area contributed by atoms with Crippen molar-refractivity contribution in [3.05, 3.63) is 12.3 Å². The lowest BCUT2D eigenvalue weighted by molar-refractivity contribution is 0.167. The third-order valence-electron chi connectivity index (χ3n) is 6.92. The van der Waals surface area contributed by atoms with Gasteiger partial charge in [0, 0.05) is 57.5 Å². The van der Waals surface area contributed by atoms with Crippen LogP contribution in [-0.2, 0) is 10.0 Å². The number of sulfonamides is 1. The lowest BCUT2D eigenvalue weighted by Crippen LogP contribution is -2.47. The van der Waals surface area contributed by atoms with Gasteiger partial charge in [-0.05, 0) is 44.6 Å². The Morgan fingerprint density at radius 1 is 1.03 bits per heavy atom. The van der Waals surface area contributed by atoms with E-state index >= 15 is 0 Å². The summed E-state index contributed by atoms with van der Waals surface area (Å²) in [5, 5.41) is 3.56. The molecule has 4 heterocycles. The standard InChI is InChI=1S/C22H38N6O2S/c1-2-17-31(29,30)28-15-9-20(10-16-28)27-14-8-19(18-27)24-22-23-11-7-21(25-22)26-12-5-3-4-6-13-26/h7,11,19-20H,2-6,8-10,12-18H2,1H3,(H,23,24,25). The molecule has 0 aromatic carbocycles. The van der Waals surface area contributed by atoms with Crippen molar-refractivity contribution in [3.63, 3.8) is 0 Å². The van der Waals surface area contributed by atoms with E-state index in [0.717, 1.165) is 57.2 Å². The van der Waals surface area contributed by atoms with Crippen LogP contribution in [0.5, 0.6) is 0 Å². The molecule has 1 atom stereocenters. The van der Waals surface area contributed by atoms with Crippen LogP contribution in [0, 0.1) is 0 Å². The molecule has 0 spiro atoms. The Labute approximate surface area is 187 Å². The highest BCUT2D eigenvalue weighted by Gasteiger charge is 2.33. The number of hydrogen-bond acceptors (Lipinski definition) is 7. The molecule has 174 valence electrons. The zero-order valence-corrected chi connectivity index (χ0v) is 19.7. The van der Waals surface area contributed by atoms with E-state index in [4.69, 9.17) is 4.98 Å². The number of piperidine rings is 1. The molecule has 1 N–H and O–H groups in total. The number of rotatable bonds is 7. The molecule has 1 aromatic heterocycles. The molecule has 0 bridgehead atoms. The van der Waals surface area contributed by atoms with E-state index in [2.05, 4.69) is 20.1 Å². The summed E-state index contributed by atoms with van der Waals surface area (Å²) in [6, 6.07) is 2.85. The fourth-order valence-electron chi connectivity index (χ4n) is 5.19. The first-order valence-electron chi connectivity index (χ1n) is 12.1. The highest BCUT2D eigenvalue weighted by Crippen LogP contribution is 2.25. The van der Waals surface area contributed by atoms with Crippen LogP contribution in [0.15, 0.2) is 12.3 Å². The van der Waals surface area contributed by atoms with Gasteiger partial charge in [-0.3, -0.25) is 4.90 Å². The van der Waals surface area contributed by atoms with Crippen LogP contribution in [0.1, 0.15) is 58.3 Å². The molecular weight excluding hydrogens is 412 g/mol. The molecule has 8 nitrogen and oxygen atoms in total. The fraction of sp³-hybridized carbons (Fsp3) is 0.818. The van der Waals surface area contributed by atoms with Gasteiger partial charge in [0.25, 0.3) is 0 Å². The van der Waals surface area contributed by atoms with E-state index in [9.17, 15) is 8.42 Å². The SMILES string of the molecule is CCCS(=O)(=O)N1CCC(N2CCC(Nc3nccc(N4CCCCCC4)n3)C2)CC1. The van der Waals surface area contributed by atoms with Crippen molar-refractivity contribution in [2.75, 3.05) is 55.2 Å². The third kappa shape index (κ3) is 5.87. The van der Waals surface area contributed by atoms with Gasteiger partial charge in [-0.2, -0.15) is 4.98 Å². The monoisotopic (exact) mass is 450 g/mol. The summed E-state index contributed by atoms with van der Waals surface area (Å²) in [7, 11) is -3.07. The molecule has 3 aliphatic rings. The first kappa shape index (κ1) is 22.7. The minimum Gasteiger partial charge on any atom is -0.356 e. The lowest BCUT2D eigenvalue weighted by Gasteiger charge is -2.36. The van der Waals surface area contributed by atoms with Gasteiger partial charge in [0.1, 0.15) is 5.82 Å². The predicted molar refractivity (Wildman–Crippen MR) is 125 cm³/mol. The second kappa shape index (κ2) is 10.4. The van der Waals surface area contributed by atoms with E-state index < -0.39 is 10.0 Å². The average molecular weight is 451 g/mol. The van der Waals surface area contributed by atoms with Crippen LogP contribution < -0.4 is 10.2 Å². The maximum atomic E-state index is 12.3.